The number of amides is 1. The fourth-order valence-corrected chi connectivity index (χ4v) is 2.06. The first-order valence-electron chi connectivity index (χ1n) is 6.51. The molecular weight excluding hydrogens is 282 g/mol. The second-order valence-electron chi connectivity index (χ2n) is 4.74. The van der Waals surface area contributed by atoms with E-state index in [4.69, 9.17) is 5.26 Å². The minimum atomic E-state index is -0.463. The van der Waals surface area contributed by atoms with Crippen LogP contribution >= 0.6 is 0 Å². The summed E-state index contributed by atoms with van der Waals surface area (Å²) in [7, 11) is 1.58. The molecule has 0 bridgehead atoms. The highest BCUT2D eigenvalue weighted by Crippen LogP contribution is 2.19. The number of hydrogen-bond donors (Lipinski definition) is 0. The lowest BCUT2D eigenvalue weighted by Crippen LogP contribution is -2.26. The Labute approximate surface area is 127 Å². The van der Waals surface area contributed by atoms with Crippen LogP contribution in [0.3, 0.4) is 0 Å². The molecule has 0 radical (unpaired) electrons. The van der Waals surface area contributed by atoms with Crippen molar-refractivity contribution in [2.24, 2.45) is 0 Å². The highest BCUT2D eigenvalue weighted by Gasteiger charge is 2.17. The number of nitro groups is 1. The van der Waals surface area contributed by atoms with Crippen molar-refractivity contribution in [2.45, 2.75) is 6.54 Å². The summed E-state index contributed by atoms with van der Waals surface area (Å²) in [5, 5.41) is 19.7. The van der Waals surface area contributed by atoms with E-state index >= 15 is 0 Å². The van der Waals surface area contributed by atoms with Crippen LogP contribution in [0.4, 0.5) is 5.69 Å². The maximum absolute atomic E-state index is 12.3. The minimum absolute atomic E-state index is 0.0121. The molecule has 2 rings (SSSR count). The Morgan fingerprint density at radius 3 is 2.45 bits per heavy atom. The molecule has 6 nitrogen and oxygen atoms in total. The van der Waals surface area contributed by atoms with Crippen LogP contribution in [0.2, 0.25) is 0 Å². The van der Waals surface area contributed by atoms with Crippen LogP contribution in [-0.2, 0) is 6.54 Å². The summed E-state index contributed by atoms with van der Waals surface area (Å²) in [6.07, 6.45) is 0. The molecular formula is C16H13N3O3. The summed E-state index contributed by atoms with van der Waals surface area (Å²) in [4.78, 5) is 24.2. The Morgan fingerprint density at radius 1 is 1.23 bits per heavy atom. The van der Waals surface area contributed by atoms with Crippen LogP contribution in [0, 0.1) is 21.4 Å². The van der Waals surface area contributed by atoms with E-state index in [1.807, 2.05) is 6.07 Å². The SMILES string of the molecule is CN(Cc1ccccc1[N+](=O)[O-])C(=O)c1ccc(C#N)cc1. The monoisotopic (exact) mass is 295 g/mol. The summed E-state index contributed by atoms with van der Waals surface area (Å²) in [5.74, 6) is -0.261. The highest BCUT2D eigenvalue weighted by atomic mass is 16.6. The number of nitro benzene ring substituents is 1. The van der Waals surface area contributed by atoms with E-state index in [-0.39, 0.29) is 18.1 Å². The van der Waals surface area contributed by atoms with Crippen LogP contribution in [0.1, 0.15) is 21.5 Å². The van der Waals surface area contributed by atoms with Gasteiger partial charge in [-0.25, -0.2) is 0 Å². The normalized spacial score (nSPS) is 9.82. The highest BCUT2D eigenvalue weighted by molar-refractivity contribution is 5.94. The predicted octanol–water partition coefficient (Wildman–Crippen LogP) is 2.74. The first-order chi connectivity index (χ1) is 10.5. The zero-order valence-electron chi connectivity index (χ0n) is 11.9. The van der Waals surface area contributed by atoms with E-state index < -0.39 is 4.92 Å². The van der Waals surface area contributed by atoms with Crippen molar-refractivity contribution in [3.63, 3.8) is 0 Å². The van der Waals surface area contributed by atoms with Gasteiger partial charge < -0.3 is 4.90 Å². The molecule has 0 aliphatic carbocycles. The topological polar surface area (TPSA) is 87.2 Å². The lowest BCUT2D eigenvalue weighted by Gasteiger charge is -2.17. The van der Waals surface area contributed by atoms with Gasteiger partial charge in [0.05, 0.1) is 23.1 Å². The number of para-hydroxylation sites is 1. The number of nitrogens with zero attached hydrogens (tertiary/aromatic N) is 3. The summed E-state index contributed by atoms with van der Waals surface area (Å²) in [6, 6.07) is 14.6. The lowest BCUT2D eigenvalue weighted by atomic mass is 10.1. The van der Waals surface area contributed by atoms with Crippen molar-refractivity contribution >= 4 is 11.6 Å². The molecule has 0 aliphatic heterocycles. The summed E-state index contributed by atoms with van der Waals surface area (Å²) in [6.45, 7) is 0.135. The molecule has 0 spiro atoms. The van der Waals surface area contributed by atoms with Gasteiger partial charge in [-0.15, -0.1) is 0 Å². The molecule has 0 aromatic heterocycles. The molecule has 0 saturated carbocycles. The molecule has 0 saturated heterocycles. The Hall–Kier alpha value is -3.20. The molecule has 2 aromatic carbocycles. The number of nitriles is 1. The number of carbonyl (C=O) groups excluding carboxylic acids is 1. The number of hydrogen-bond acceptors (Lipinski definition) is 4. The standard InChI is InChI=1S/C16H13N3O3/c1-18(11-14-4-2-3-5-15(14)19(21)22)16(20)13-8-6-12(10-17)7-9-13/h2-9H,11H2,1H3. The van der Waals surface area contributed by atoms with E-state index in [1.165, 1.54) is 11.0 Å². The fourth-order valence-electron chi connectivity index (χ4n) is 2.06. The van der Waals surface area contributed by atoms with E-state index in [0.717, 1.165) is 0 Å². The molecule has 0 heterocycles. The molecule has 0 unspecified atom stereocenters. The van der Waals surface area contributed by atoms with Gasteiger partial charge in [-0.05, 0) is 24.3 Å². The van der Waals surface area contributed by atoms with Crippen molar-refractivity contribution in [3.05, 3.63) is 75.3 Å². The summed E-state index contributed by atoms with van der Waals surface area (Å²) < 4.78 is 0. The van der Waals surface area contributed by atoms with Gasteiger partial charge in [0.15, 0.2) is 0 Å². The maximum atomic E-state index is 12.3. The molecule has 0 atom stereocenters. The number of carbonyl (C=O) groups is 1. The molecule has 1 amide bonds. The maximum Gasteiger partial charge on any atom is 0.274 e. The molecule has 0 fully saturated rings. The third-order valence-corrected chi connectivity index (χ3v) is 3.20. The van der Waals surface area contributed by atoms with Gasteiger partial charge in [0.25, 0.3) is 11.6 Å². The average molecular weight is 295 g/mol. The van der Waals surface area contributed by atoms with Crippen LogP contribution in [0.15, 0.2) is 48.5 Å². The van der Waals surface area contributed by atoms with Gasteiger partial charge in [0.1, 0.15) is 0 Å². The van der Waals surface area contributed by atoms with Gasteiger partial charge in [-0.3, -0.25) is 14.9 Å². The van der Waals surface area contributed by atoms with Crippen molar-refractivity contribution in [1.82, 2.24) is 4.90 Å². The zero-order valence-corrected chi connectivity index (χ0v) is 11.9. The smallest absolute Gasteiger partial charge is 0.274 e. The average Bonchev–Trinajstić information content (AvgIpc) is 2.54. The zero-order chi connectivity index (χ0) is 16.1. The fraction of sp³-hybridized carbons (Fsp3) is 0.125. The van der Waals surface area contributed by atoms with E-state index in [9.17, 15) is 14.9 Å². The number of rotatable bonds is 4. The van der Waals surface area contributed by atoms with Gasteiger partial charge in [-0.2, -0.15) is 5.26 Å². The van der Waals surface area contributed by atoms with E-state index in [0.29, 0.717) is 16.7 Å². The van der Waals surface area contributed by atoms with Crippen molar-refractivity contribution in [1.29, 1.82) is 5.26 Å². The van der Waals surface area contributed by atoms with E-state index in [2.05, 4.69) is 0 Å². The first-order valence-corrected chi connectivity index (χ1v) is 6.51. The Balaban J connectivity index is 2.18. The van der Waals surface area contributed by atoms with Crippen molar-refractivity contribution in [3.8, 4) is 6.07 Å². The second kappa shape index (κ2) is 6.50. The van der Waals surface area contributed by atoms with Crippen molar-refractivity contribution < 1.29 is 9.72 Å². The van der Waals surface area contributed by atoms with E-state index in [1.54, 1.807) is 49.5 Å². The van der Waals surface area contributed by atoms with Gasteiger partial charge >= 0.3 is 0 Å². The molecule has 22 heavy (non-hydrogen) atoms. The van der Waals surface area contributed by atoms with Gasteiger partial charge in [0, 0.05) is 24.2 Å². The largest absolute Gasteiger partial charge is 0.337 e. The second-order valence-corrected chi connectivity index (χ2v) is 4.74. The number of benzene rings is 2. The lowest BCUT2D eigenvalue weighted by molar-refractivity contribution is -0.385. The predicted molar refractivity (Wildman–Crippen MR) is 80.1 cm³/mol. The van der Waals surface area contributed by atoms with Crippen LogP contribution < -0.4 is 0 Å². The van der Waals surface area contributed by atoms with Gasteiger partial charge in [-0.1, -0.05) is 18.2 Å². The van der Waals surface area contributed by atoms with Crippen LogP contribution in [-0.4, -0.2) is 22.8 Å². The third kappa shape index (κ3) is 3.27. The Morgan fingerprint density at radius 2 is 1.86 bits per heavy atom. The van der Waals surface area contributed by atoms with Gasteiger partial charge in [0.2, 0.25) is 0 Å². The molecule has 2 aromatic rings. The molecule has 6 heteroatoms. The third-order valence-electron chi connectivity index (χ3n) is 3.20. The van der Waals surface area contributed by atoms with Crippen molar-refractivity contribution in [2.75, 3.05) is 7.05 Å². The van der Waals surface area contributed by atoms with Crippen LogP contribution in [0.25, 0.3) is 0 Å². The molecule has 110 valence electrons. The Bertz CT molecular complexity index is 748. The molecule has 0 aliphatic rings. The Kier molecular flexibility index (Phi) is 4.49. The van der Waals surface area contributed by atoms with Crippen LogP contribution in [0.5, 0.6) is 0 Å². The first kappa shape index (κ1) is 15.2. The quantitative estimate of drug-likeness (QED) is 0.641. The molecule has 0 N–H and O–H groups in total. The minimum Gasteiger partial charge on any atom is -0.337 e. The summed E-state index contributed by atoms with van der Waals surface area (Å²) >= 11 is 0. The summed E-state index contributed by atoms with van der Waals surface area (Å²) in [5.41, 5.74) is 1.36.